The normalized spacial score (nSPS) is 12.0. The lowest BCUT2D eigenvalue weighted by Crippen LogP contribution is -2.40. The molecule has 1 unspecified atom stereocenters. The van der Waals surface area contributed by atoms with E-state index < -0.39 is 17.9 Å². The molecule has 0 aliphatic rings. The molecule has 0 saturated heterocycles. The molecule has 0 bridgehead atoms. The number of rotatable bonds is 11. The summed E-state index contributed by atoms with van der Waals surface area (Å²) in [6, 6.07) is 9.98. The zero-order valence-corrected chi connectivity index (χ0v) is 18.8. The van der Waals surface area contributed by atoms with Crippen LogP contribution in [0.4, 0.5) is 0 Å². The predicted molar refractivity (Wildman–Crippen MR) is 122 cm³/mol. The lowest BCUT2D eigenvalue weighted by molar-refractivity contribution is -0.139. The van der Waals surface area contributed by atoms with Crippen LogP contribution in [0.2, 0.25) is 0 Å². The van der Waals surface area contributed by atoms with Crippen molar-refractivity contribution in [2.75, 3.05) is 6.61 Å². The first-order valence-electron chi connectivity index (χ1n) is 11.0. The minimum atomic E-state index is -1.02. The molecule has 8 nitrogen and oxygen atoms in total. The molecule has 3 aromatic rings. The highest BCUT2D eigenvalue weighted by atomic mass is 16.5. The van der Waals surface area contributed by atoms with Crippen molar-refractivity contribution >= 4 is 22.9 Å². The summed E-state index contributed by atoms with van der Waals surface area (Å²) in [6.45, 7) is 7.30. The fraction of sp³-hybridized carbons (Fsp3) is 0.417. The molecule has 0 spiro atoms. The number of benzene rings is 2. The van der Waals surface area contributed by atoms with Gasteiger partial charge in [-0.3, -0.25) is 4.79 Å². The summed E-state index contributed by atoms with van der Waals surface area (Å²) >= 11 is 0. The van der Waals surface area contributed by atoms with E-state index in [9.17, 15) is 14.7 Å². The number of hydrogen-bond donors (Lipinski definition) is 2. The number of nitrogens with zero attached hydrogens (tertiary/aromatic N) is 3. The van der Waals surface area contributed by atoms with Crippen molar-refractivity contribution in [2.45, 2.75) is 59.0 Å². The Morgan fingerprint density at radius 3 is 2.53 bits per heavy atom. The van der Waals surface area contributed by atoms with E-state index >= 15 is 0 Å². The Hall–Kier alpha value is -3.42. The number of carboxylic acids is 1. The summed E-state index contributed by atoms with van der Waals surface area (Å²) in [5, 5.41) is 20.3. The lowest BCUT2D eigenvalue weighted by Gasteiger charge is -2.14. The second kappa shape index (κ2) is 10.7. The predicted octanol–water partition coefficient (Wildman–Crippen LogP) is 3.89. The van der Waals surface area contributed by atoms with E-state index in [1.54, 1.807) is 24.3 Å². The van der Waals surface area contributed by atoms with E-state index in [-0.39, 0.29) is 0 Å². The third kappa shape index (κ3) is 5.84. The summed E-state index contributed by atoms with van der Waals surface area (Å²) in [7, 11) is 0. The fourth-order valence-electron chi connectivity index (χ4n) is 3.40. The first-order chi connectivity index (χ1) is 15.4. The third-order valence-corrected chi connectivity index (χ3v) is 5.48. The number of unbranched alkanes of at least 4 members (excludes halogenated alkanes) is 1. The van der Waals surface area contributed by atoms with Crippen LogP contribution in [0.1, 0.15) is 54.1 Å². The fourth-order valence-corrected chi connectivity index (χ4v) is 3.40. The number of ether oxygens (including phenoxy) is 1. The van der Waals surface area contributed by atoms with Crippen LogP contribution < -0.4 is 10.1 Å². The smallest absolute Gasteiger partial charge is 0.326 e. The van der Waals surface area contributed by atoms with Gasteiger partial charge in [-0.05, 0) is 67.8 Å². The minimum absolute atomic E-state index is 0.399. The second-order valence-electron chi connectivity index (χ2n) is 7.97. The molecule has 32 heavy (non-hydrogen) atoms. The Labute approximate surface area is 187 Å². The molecule has 0 aliphatic carbocycles. The van der Waals surface area contributed by atoms with Crippen molar-refractivity contribution in [1.29, 1.82) is 0 Å². The Balaban J connectivity index is 1.49. The van der Waals surface area contributed by atoms with Gasteiger partial charge in [0.1, 0.15) is 17.3 Å². The van der Waals surface area contributed by atoms with Gasteiger partial charge in [0.15, 0.2) is 0 Å². The highest BCUT2D eigenvalue weighted by Gasteiger charge is 2.20. The first kappa shape index (κ1) is 23.2. The van der Waals surface area contributed by atoms with Gasteiger partial charge >= 0.3 is 5.97 Å². The summed E-state index contributed by atoms with van der Waals surface area (Å²) < 4.78 is 7.66. The van der Waals surface area contributed by atoms with Gasteiger partial charge in [-0.1, -0.05) is 25.0 Å². The van der Waals surface area contributed by atoms with Gasteiger partial charge in [0.25, 0.3) is 5.91 Å². The van der Waals surface area contributed by atoms with E-state index in [0.29, 0.717) is 30.9 Å². The molecule has 3 rings (SSSR count). The molecule has 0 fully saturated rings. The zero-order chi connectivity index (χ0) is 23.1. The third-order valence-electron chi connectivity index (χ3n) is 5.48. The highest BCUT2D eigenvalue weighted by Crippen LogP contribution is 2.18. The Morgan fingerprint density at radius 2 is 1.84 bits per heavy atom. The maximum atomic E-state index is 12.3. The van der Waals surface area contributed by atoms with Crippen LogP contribution in [0, 0.1) is 13.8 Å². The van der Waals surface area contributed by atoms with E-state index in [4.69, 9.17) is 4.74 Å². The Kier molecular flexibility index (Phi) is 7.81. The summed E-state index contributed by atoms with van der Waals surface area (Å²) in [5.74, 6) is -0.766. The number of carbonyl (C=O) groups is 2. The van der Waals surface area contributed by atoms with Crippen LogP contribution in [0.3, 0.4) is 0 Å². The molecule has 2 N–H and O–H groups in total. The molecule has 0 aliphatic heterocycles. The van der Waals surface area contributed by atoms with Crippen molar-refractivity contribution in [3.8, 4) is 5.75 Å². The lowest BCUT2D eigenvalue weighted by atomic mass is 10.1. The van der Waals surface area contributed by atoms with Crippen molar-refractivity contribution in [3.63, 3.8) is 0 Å². The van der Waals surface area contributed by atoms with E-state index in [0.717, 1.165) is 30.3 Å². The number of carbonyl (C=O) groups excluding carboxylic acids is 1. The summed E-state index contributed by atoms with van der Waals surface area (Å²) in [6.07, 6.45) is 2.79. The Morgan fingerprint density at radius 1 is 1.12 bits per heavy atom. The number of nitrogens with one attached hydrogen (secondary N) is 1. The molecule has 1 atom stereocenters. The summed E-state index contributed by atoms with van der Waals surface area (Å²) in [5.41, 5.74) is 4.72. The van der Waals surface area contributed by atoms with E-state index in [2.05, 4.69) is 35.5 Å². The molecule has 8 heteroatoms. The van der Waals surface area contributed by atoms with Crippen LogP contribution in [0.5, 0.6) is 5.75 Å². The van der Waals surface area contributed by atoms with E-state index in [1.807, 2.05) is 17.7 Å². The molecular weight excluding hydrogens is 408 g/mol. The maximum absolute atomic E-state index is 12.3. The van der Waals surface area contributed by atoms with Crippen LogP contribution >= 0.6 is 0 Å². The second-order valence-corrected chi connectivity index (χ2v) is 7.97. The van der Waals surface area contributed by atoms with Gasteiger partial charge in [-0.25, -0.2) is 9.48 Å². The SMILES string of the molecule is CCCCC(NC(=O)c1ccc(OCCCn2nnc3cc(C)c(C)cc32)cc1)C(=O)O. The average molecular weight is 439 g/mol. The van der Waals surface area contributed by atoms with Gasteiger partial charge in [-0.15, -0.1) is 5.10 Å². The molecular formula is C24H30N4O4. The molecule has 2 aromatic carbocycles. The van der Waals surface area contributed by atoms with Crippen LogP contribution in [0.25, 0.3) is 11.0 Å². The van der Waals surface area contributed by atoms with Crippen molar-refractivity contribution < 1.29 is 19.4 Å². The zero-order valence-electron chi connectivity index (χ0n) is 18.8. The number of fused-ring (bicyclic) bond motifs is 1. The maximum Gasteiger partial charge on any atom is 0.326 e. The number of aliphatic carboxylic acids is 1. The van der Waals surface area contributed by atoms with Crippen molar-refractivity contribution in [2.24, 2.45) is 0 Å². The van der Waals surface area contributed by atoms with Crippen molar-refractivity contribution in [3.05, 3.63) is 53.1 Å². The standard InChI is InChI=1S/C24H30N4O4/c1-4-5-7-20(24(30)31)25-23(29)18-8-10-19(11-9-18)32-13-6-12-28-22-15-17(3)16(2)14-21(22)26-27-28/h8-11,14-15,20H,4-7,12-13H2,1-3H3,(H,25,29)(H,30,31). The molecule has 1 amide bonds. The van der Waals surface area contributed by atoms with Crippen LogP contribution in [-0.2, 0) is 11.3 Å². The number of aromatic nitrogens is 3. The number of hydrogen-bond acceptors (Lipinski definition) is 5. The van der Waals surface area contributed by atoms with E-state index in [1.165, 1.54) is 11.1 Å². The molecule has 1 heterocycles. The average Bonchev–Trinajstić information content (AvgIpc) is 3.16. The monoisotopic (exact) mass is 438 g/mol. The Bertz CT molecular complexity index is 1080. The quantitative estimate of drug-likeness (QED) is 0.440. The van der Waals surface area contributed by atoms with Gasteiger partial charge in [0, 0.05) is 18.5 Å². The minimum Gasteiger partial charge on any atom is -0.494 e. The first-order valence-corrected chi connectivity index (χ1v) is 11.0. The van der Waals surface area contributed by atoms with Gasteiger partial charge < -0.3 is 15.2 Å². The molecule has 1 aromatic heterocycles. The van der Waals surface area contributed by atoms with Crippen molar-refractivity contribution in [1.82, 2.24) is 20.3 Å². The molecule has 0 saturated carbocycles. The highest BCUT2D eigenvalue weighted by molar-refractivity contribution is 5.96. The number of amides is 1. The summed E-state index contributed by atoms with van der Waals surface area (Å²) in [4.78, 5) is 23.7. The molecule has 0 radical (unpaired) electrons. The molecule has 170 valence electrons. The van der Waals surface area contributed by atoms with Gasteiger partial charge in [0.2, 0.25) is 0 Å². The van der Waals surface area contributed by atoms with Gasteiger partial charge in [0.05, 0.1) is 12.1 Å². The van der Waals surface area contributed by atoms with Crippen LogP contribution in [-0.4, -0.2) is 44.6 Å². The largest absolute Gasteiger partial charge is 0.494 e. The topological polar surface area (TPSA) is 106 Å². The van der Waals surface area contributed by atoms with Gasteiger partial charge in [-0.2, -0.15) is 0 Å². The van der Waals surface area contributed by atoms with Crippen LogP contribution in [0.15, 0.2) is 36.4 Å². The number of carboxylic acid groups (broad SMARTS) is 1. The number of aryl methyl sites for hydroxylation is 3.